The zero-order chi connectivity index (χ0) is 14.7. The number of amides is 2. The molecule has 0 heterocycles. The highest BCUT2D eigenvalue weighted by atomic mass is 127. The van der Waals surface area contributed by atoms with E-state index in [1.165, 1.54) is 13.8 Å². The number of nitrogens with one attached hydrogen (secondary N) is 2. The van der Waals surface area contributed by atoms with Crippen LogP contribution in [-0.4, -0.2) is 11.8 Å². The lowest BCUT2D eigenvalue weighted by Crippen LogP contribution is -2.16. The number of rotatable bonds is 3. The quantitative estimate of drug-likeness (QED) is 0.518. The third-order valence-electron chi connectivity index (χ3n) is 2.36. The van der Waals surface area contributed by atoms with Crippen molar-refractivity contribution in [3.8, 4) is 0 Å². The second kappa shape index (κ2) is 7.38. The van der Waals surface area contributed by atoms with Gasteiger partial charge in [0.05, 0.1) is 14.9 Å². The van der Waals surface area contributed by atoms with Gasteiger partial charge < -0.3 is 10.6 Å². The topological polar surface area (TPSA) is 58.2 Å². The maximum Gasteiger partial charge on any atom is 0.221 e. The molecule has 0 unspecified atom stereocenters. The Hall–Kier alpha value is 0.350. The van der Waals surface area contributed by atoms with Crippen molar-refractivity contribution >= 4 is 91.0 Å². The number of anilines is 2. The lowest BCUT2D eigenvalue weighted by Gasteiger charge is -2.19. The van der Waals surface area contributed by atoms with E-state index in [-0.39, 0.29) is 11.8 Å². The first kappa shape index (κ1) is 17.4. The van der Waals surface area contributed by atoms with E-state index in [0.717, 1.165) is 34.1 Å². The highest BCUT2D eigenvalue weighted by Gasteiger charge is 2.20. The first-order chi connectivity index (χ1) is 8.79. The Bertz CT molecular complexity index is 501. The first-order valence-corrected chi connectivity index (χ1v) is 8.77. The number of hydrogen-bond donors (Lipinski definition) is 2. The van der Waals surface area contributed by atoms with Crippen LogP contribution in [0.25, 0.3) is 0 Å². The Morgan fingerprint density at radius 3 is 1.53 bits per heavy atom. The van der Waals surface area contributed by atoms with E-state index in [9.17, 15) is 9.59 Å². The predicted molar refractivity (Wildman–Crippen MR) is 103 cm³/mol. The van der Waals surface area contributed by atoms with Gasteiger partial charge in [-0.1, -0.05) is 6.92 Å². The Kier molecular flexibility index (Phi) is 6.76. The molecule has 1 aromatic carbocycles. The Balaban J connectivity index is 3.55. The number of carbonyl (C=O) groups is 2. The Morgan fingerprint density at radius 2 is 1.26 bits per heavy atom. The molecule has 0 spiro atoms. The lowest BCUT2D eigenvalue weighted by atomic mass is 10.1. The van der Waals surface area contributed by atoms with Gasteiger partial charge in [-0.2, -0.15) is 0 Å². The fourth-order valence-corrected chi connectivity index (χ4v) is 6.07. The molecule has 0 bridgehead atoms. The molecule has 7 heteroatoms. The molecule has 2 N–H and O–H groups in total. The Labute approximate surface area is 153 Å². The summed E-state index contributed by atoms with van der Waals surface area (Å²) in [5.41, 5.74) is 2.68. The first-order valence-electron chi connectivity index (χ1n) is 5.54. The molecule has 0 aliphatic rings. The van der Waals surface area contributed by atoms with Crippen LogP contribution >= 0.6 is 67.8 Å². The van der Waals surface area contributed by atoms with Crippen LogP contribution in [0, 0.1) is 10.7 Å². The van der Waals surface area contributed by atoms with Crippen molar-refractivity contribution in [2.75, 3.05) is 10.6 Å². The average molecular weight is 598 g/mol. The monoisotopic (exact) mass is 598 g/mol. The number of halogens is 3. The molecule has 19 heavy (non-hydrogen) atoms. The normalized spacial score (nSPS) is 10.2. The largest absolute Gasteiger partial charge is 0.324 e. The fraction of sp³-hybridized carbons (Fsp3) is 0.333. The molecule has 0 saturated carbocycles. The third-order valence-corrected chi connectivity index (χ3v) is 5.82. The van der Waals surface area contributed by atoms with Gasteiger partial charge in [-0.25, -0.2) is 0 Å². The molecule has 0 fully saturated rings. The highest BCUT2D eigenvalue weighted by molar-refractivity contribution is 14.1. The minimum Gasteiger partial charge on any atom is -0.324 e. The van der Waals surface area contributed by atoms with Crippen LogP contribution in [0.15, 0.2) is 0 Å². The molecular formula is C12H13I3N2O2. The van der Waals surface area contributed by atoms with Crippen molar-refractivity contribution in [1.82, 2.24) is 0 Å². The Morgan fingerprint density at radius 1 is 0.895 bits per heavy atom. The smallest absolute Gasteiger partial charge is 0.221 e. The number of carbonyl (C=O) groups excluding carboxylic acids is 2. The second-order valence-electron chi connectivity index (χ2n) is 3.89. The summed E-state index contributed by atoms with van der Waals surface area (Å²) in [6.07, 6.45) is 0.840. The van der Waals surface area contributed by atoms with Gasteiger partial charge in [0.15, 0.2) is 0 Å². The van der Waals surface area contributed by atoms with Crippen LogP contribution in [0.1, 0.15) is 26.3 Å². The lowest BCUT2D eigenvalue weighted by molar-refractivity contribution is -0.115. The number of benzene rings is 1. The molecule has 0 aliphatic carbocycles. The standard InChI is InChI=1S/C12H13I3N2O2/c1-4-7-8(13)11(16-5(2)18)10(15)12(9(7)14)17-6(3)19/h4H2,1-3H3,(H,16,18)(H,17,19). The minimum atomic E-state index is -0.118. The third kappa shape index (κ3) is 4.16. The molecule has 4 nitrogen and oxygen atoms in total. The number of hydrogen-bond acceptors (Lipinski definition) is 2. The molecule has 2 amide bonds. The van der Waals surface area contributed by atoms with E-state index < -0.39 is 0 Å². The van der Waals surface area contributed by atoms with E-state index in [1.807, 2.05) is 0 Å². The summed E-state index contributed by atoms with van der Waals surface area (Å²) in [7, 11) is 0. The maximum absolute atomic E-state index is 11.3. The van der Waals surface area contributed by atoms with Gasteiger partial charge >= 0.3 is 0 Å². The van der Waals surface area contributed by atoms with Gasteiger partial charge in [-0.05, 0) is 79.8 Å². The van der Waals surface area contributed by atoms with Gasteiger partial charge in [0.2, 0.25) is 11.8 Å². The molecule has 104 valence electrons. The van der Waals surface area contributed by atoms with Gasteiger partial charge in [0.1, 0.15) is 0 Å². The minimum absolute atomic E-state index is 0.118. The summed E-state index contributed by atoms with van der Waals surface area (Å²) >= 11 is 6.63. The zero-order valence-electron chi connectivity index (χ0n) is 10.7. The van der Waals surface area contributed by atoms with E-state index >= 15 is 0 Å². The van der Waals surface area contributed by atoms with E-state index in [0.29, 0.717) is 0 Å². The maximum atomic E-state index is 11.3. The van der Waals surface area contributed by atoms with E-state index in [1.54, 1.807) is 0 Å². The van der Waals surface area contributed by atoms with Gasteiger partial charge in [-0.15, -0.1) is 0 Å². The molecule has 1 rings (SSSR count). The van der Waals surface area contributed by atoms with Crippen molar-refractivity contribution in [3.05, 3.63) is 16.3 Å². The van der Waals surface area contributed by atoms with Crippen LogP contribution in [0.4, 0.5) is 11.4 Å². The molecule has 0 aromatic heterocycles. The van der Waals surface area contributed by atoms with Crippen LogP contribution in [0.3, 0.4) is 0 Å². The molecular weight excluding hydrogens is 585 g/mol. The summed E-state index contributed by atoms with van der Waals surface area (Å²) in [6.45, 7) is 5.02. The van der Waals surface area contributed by atoms with Crippen LogP contribution in [0.2, 0.25) is 0 Å². The summed E-state index contributed by atoms with van der Waals surface area (Å²) in [5, 5.41) is 5.70. The van der Waals surface area contributed by atoms with Crippen molar-refractivity contribution in [1.29, 1.82) is 0 Å². The van der Waals surface area contributed by atoms with Gasteiger partial charge in [0, 0.05) is 21.0 Å². The second-order valence-corrected chi connectivity index (χ2v) is 7.12. The zero-order valence-corrected chi connectivity index (χ0v) is 17.1. The molecule has 1 aromatic rings. The van der Waals surface area contributed by atoms with Crippen LogP contribution in [-0.2, 0) is 16.0 Å². The molecule has 0 atom stereocenters. The van der Waals surface area contributed by atoms with Crippen molar-refractivity contribution in [2.45, 2.75) is 27.2 Å². The fourth-order valence-electron chi connectivity index (χ4n) is 1.60. The van der Waals surface area contributed by atoms with Crippen molar-refractivity contribution in [2.24, 2.45) is 0 Å². The van der Waals surface area contributed by atoms with E-state index in [4.69, 9.17) is 0 Å². The van der Waals surface area contributed by atoms with Crippen molar-refractivity contribution < 1.29 is 9.59 Å². The van der Waals surface area contributed by atoms with Crippen molar-refractivity contribution in [3.63, 3.8) is 0 Å². The molecule has 0 saturated heterocycles. The highest BCUT2D eigenvalue weighted by Crippen LogP contribution is 2.38. The molecule has 0 aliphatic heterocycles. The summed E-state index contributed by atoms with van der Waals surface area (Å²) < 4.78 is 2.91. The van der Waals surface area contributed by atoms with Crippen LogP contribution in [0.5, 0.6) is 0 Å². The summed E-state index contributed by atoms with van der Waals surface area (Å²) in [4.78, 5) is 22.7. The predicted octanol–water partition coefficient (Wildman–Crippen LogP) is 3.98. The average Bonchev–Trinajstić information content (AvgIpc) is 2.30. The van der Waals surface area contributed by atoms with Gasteiger partial charge in [0.25, 0.3) is 0 Å². The van der Waals surface area contributed by atoms with Gasteiger partial charge in [-0.3, -0.25) is 9.59 Å². The van der Waals surface area contributed by atoms with Crippen LogP contribution < -0.4 is 10.6 Å². The molecule has 0 radical (unpaired) electrons. The summed E-state index contributed by atoms with van der Waals surface area (Å²) in [6, 6.07) is 0. The summed E-state index contributed by atoms with van der Waals surface area (Å²) in [5.74, 6) is -0.235. The SMILES string of the molecule is CCc1c(I)c(NC(C)=O)c(I)c(NC(C)=O)c1I. The van der Waals surface area contributed by atoms with E-state index in [2.05, 4.69) is 85.3 Å².